The van der Waals surface area contributed by atoms with Gasteiger partial charge in [0.1, 0.15) is 23.7 Å². The van der Waals surface area contributed by atoms with E-state index < -0.39 is 35.5 Å². The third-order valence-corrected chi connectivity index (χ3v) is 5.10. The van der Waals surface area contributed by atoms with Crippen molar-refractivity contribution in [1.82, 2.24) is 16.0 Å². The third kappa shape index (κ3) is 9.39. The summed E-state index contributed by atoms with van der Waals surface area (Å²) in [5.41, 5.74) is 1.11. The predicted octanol–water partition coefficient (Wildman–Crippen LogP) is 3.39. The van der Waals surface area contributed by atoms with Gasteiger partial charge >= 0.3 is 0 Å². The van der Waals surface area contributed by atoms with Crippen molar-refractivity contribution in [3.05, 3.63) is 71.3 Å². The molecule has 0 aliphatic heterocycles. The van der Waals surface area contributed by atoms with Crippen LogP contribution >= 0.6 is 0 Å². The van der Waals surface area contributed by atoms with Gasteiger partial charge in [0.25, 0.3) is 0 Å². The molecule has 0 aliphatic carbocycles. The second-order valence-electron chi connectivity index (χ2n) is 8.00. The summed E-state index contributed by atoms with van der Waals surface area (Å²) in [6.07, 6.45) is 2.87. The van der Waals surface area contributed by atoms with Crippen molar-refractivity contribution in [3.8, 4) is 0 Å². The van der Waals surface area contributed by atoms with Gasteiger partial charge in [-0.3, -0.25) is 14.4 Å². The van der Waals surface area contributed by atoms with E-state index in [4.69, 9.17) is 0 Å². The molecule has 2 rings (SSSR count). The number of hydrogen-bond donors (Lipinski definition) is 3. The summed E-state index contributed by atoms with van der Waals surface area (Å²) in [6.45, 7) is 3.88. The number of unbranched alkanes of at least 4 members (excludes halogenated alkanes) is 2. The van der Waals surface area contributed by atoms with Crippen molar-refractivity contribution in [2.24, 2.45) is 0 Å². The van der Waals surface area contributed by atoms with Gasteiger partial charge in [-0.05, 0) is 36.6 Å². The van der Waals surface area contributed by atoms with Gasteiger partial charge in [-0.25, -0.2) is 8.78 Å². The maximum absolute atomic E-state index is 13.3. The van der Waals surface area contributed by atoms with Gasteiger partial charge in [-0.1, -0.05) is 56.5 Å². The number of nitrogens with one attached hydrogen (secondary N) is 3. The highest BCUT2D eigenvalue weighted by molar-refractivity contribution is 5.92. The Labute approximate surface area is 193 Å². The van der Waals surface area contributed by atoms with Crippen LogP contribution in [-0.4, -0.2) is 29.8 Å². The molecule has 0 radical (unpaired) electrons. The Morgan fingerprint density at radius 2 is 1.55 bits per heavy atom. The van der Waals surface area contributed by atoms with Gasteiger partial charge in [0.15, 0.2) is 0 Å². The maximum Gasteiger partial charge on any atom is 0.242 e. The van der Waals surface area contributed by atoms with Crippen molar-refractivity contribution < 1.29 is 23.2 Å². The van der Waals surface area contributed by atoms with E-state index >= 15 is 0 Å². The first-order valence-electron chi connectivity index (χ1n) is 11.1. The molecule has 0 saturated carbocycles. The molecule has 178 valence electrons. The SMILES string of the molecule is CCCCC[C@H](NC(=O)[C@H](C)NC(=O)Cc1cc(F)cc(F)c1)C(=O)NCc1ccccc1. The second-order valence-corrected chi connectivity index (χ2v) is 8.00. The van der Waals surface area contributed by atoms with E-state index in [0.29, 0.717) is 13.0 Å². The van der Waals surface area contributed by atoms with E-state index in [2.05, 4.69) is 16.0 Å². The molecule has 0 heterocycles. The summed E-state index contributed by atoms with van der Waals surface area (Å²) in [6, 6.07) is 10.6. The number of halogens is 2. The van der Waals surface area contributed by atoms with E-state index in [1.54, 1.807) is 0 Å². The van der Waals surface area contributed by atoms with Crippen molar-refractivity contribution >= 4 is 17.7 Å². The maximum atomic E-state index is 13.3. The molecule has 0 saturated heterocycles. The normalized spacial score (nSPS) is 12.5. The molecule has 0 fully saturated rings. The van der Waals surface area contributed by atoms with Crippen molar-refractivity contribution in [2.75, 3.05) is 0 Å². The van der Waals surface area contributed by atoms with Crippen molar-refractivity contribution in [1.29, 1.82) is 0 Å². The Kier molecular flexibility index (Phi) is 10.5. The quantitative estimate of drug-likeness (QED) is 0.425. The van der Waals surface area contributed by atoms with E-state index in [1.807, 2.05) is 37.3 Å². The van der Waals surface area contributed by atoms with Crippen molar-refractivity contribution in [2.45, 2.75) is 64.6 Å². The van der Waals surface area contributed by atoms with Crippen LogP contribution in [0.25, 0.3) is 0 Å². The molecule has 3 amide bonds. The molecule has 2 aromatic carbocycles. The average molecular weight is 460 g/mol. The largest absolute Gasteiger partial charge is 0.350 e. The van der Waals surface area contributed by atoms with E-state index in [9.17, 15) is 23.2 Å². The lowest BCUT2D eigenvalue weighted by Gasteiger charge is -2.21. The van der Waals surface area contributed by atoms with E-state index in [-0.39, 0.29) is 17.9 Å². The molecule has 6 nitrogen and oxygen atoms in total. The van der Waals surface area contributed by atoms with Crippen LogP contribution in [0.2, 0.25) is 0 Å². The van der Waals surface area contributed by atoms with Crippen LogP contribution in [0.5, 0.6) is 0 Å². The van der Waals surface area contributed by atoms with Gasteiger partial charge in [0.05, 0.1) is 6.42 Å². The molecule has 33 heavy (non-hydrogen) atoms. The standard InChI is InChI=1S/C25H31F2N3O3/c1-3-4-6-11-22(25(33)28-16-18-9-7-5-8-10-18)30-24(32)17(2)29-23(31)14-19-12-20(26)15-21(27)13-19/h5,7-10,12-13,15,17,22H,3-4,6,11,14,16H2,1-2H3,(H,28,33)(H,29,31)(H,30,32)/t17-,22-/m0/s1. The number of hydrogen-bond acceptors (Lipinski definition) is 3. The molecule has 0 unspecified atom stereocenters. The molecule has 0 bridgehead atoms. The fourth-order valence-corrected chi connectivity index (χ4v) is 3.33. The molecular weight excluding hydrogens is 428 g/mol. The Bertz CT molecular complexity index is 917. The average Bonchev–Trinajstić information content (AvgIpc) is 2.76. The van der Waals surface area contributed by atoms with E-state index in [0.717, 1.165) is 43.0 Å². The molecule has 8 heteroatoms. The zero-order valence-corrected chi connectivity index (χ0v) is 19.0. The number of carbonyl (C=O) groups is 3. The highest BCUT2D eigenvalue weighted by Crippen LogP contribution is 2.09. The number of benzene rings is 2. The number of rotatable bonds is 12. The lowest BCUT2D eigenvalue weighted by molar-refractivity contribution is -0.131. The van der Waals surface area contributed by atoms with E-state index in [1.165, 1.54) is 6.92 Å². The molecule has 3 N–H and O–H groups in total. The zero-order valence-electron chi connectivity index (χ0n) is 19.0. The Morgan fingerprint density at radius 1 is 0.879 bits per heavy atom. The van der Waals surface area contributed by atoms with Gasteiger partial charge in [-0.15, -0.1) is 0 Å². The lowest BCUT2D eigenvalue weighted by Crippen LogP contribution is -2.52. The van der Waals surface area contributed by atoms with Crippen LogP contribution in [0.1, 0.15) is 50.7 Å². The second kappa shape index (κ2) is 13.3. The summed E-state index contributed by atoms with van der Waals surface area (Å²) in [5.74, 6) is -2.92. The summed E-state index contributed by atoms with van der Waals surface area (Å²) in [7, 11) is 0. The monoisotopic (exact) mass is 459 g/mol. The third-order valence-electron chi connectivity index (χ3n) is 5.10. The Hall–Kier alpha value is -3.29. The molecule has 2 atom stereocenters. The van der Waals surface area contributed by atoms with Gasteiger partial charge in [-0.2, -0.15) is 0 Å². The summed E-state index contributed by atoms with van der Waals surface area (Å²) < 4.78 is 26.6. The molecular formula is C25H31F2N3O3. The first kappa shape index (κ1) is 26.0. The minimum absolute atomic E-state index is 0.162. The molecule has 0 aliphatic rings. The minimum Gasteiger partial charge on any atom is -0.350 e. The highest BCUT2D eigenvalue weighted by atomic mass is 19.1. The summed E-state index contributed by atoms with van der Waals surface area (Å²) >= 11 is 0. The number of amides is 3. The van der Waals surface area contributed by atoms with Gasteiger partial charge in [0, 0.05) is 12.6 Å². The van der Waals surface area contributed by atoms with Crippen LogP contribution in [0.4, 0.5) is 8.78 Å². The summed E-state index contributed by atoms with van der Waals surface area (Å²) in [4.78, 5) is 37.6. The topological polar surface area (TPSA) is 87.3 Å². The fraction of sp³-hybridized carbons (Fsp3) is 0.400. The van der Waals surface area contributed by atoms with Gasteiger partial charge in [0.2, 0.25) is 17.7 Å². The van der Waals surface area contributed by atoms with Crippen LogP contribution in [0.15, 0.2) is 48.5 Å². The lowest BCUT2D eigenvalue weighted by atomic mass is 10.1. The smallest absolute Gasteiger partial charge is 0.242 e. The fourth-order valence-electron chi connectivity index (χ4n) is 3.33. The molecule has 2 aromatic rings. The molecule has 0 spiro atoms. The van der Waals surface area contributed by atoms with Crippen LogP contribution < -0.4 is 16.0 Å². The minimum atomic E-state index is -0.925. The van der Waals surface area contributed by atoms with Crippen LogP contribution in [-0.2, 0) is 27.3 Å². The van der Waals surface area contributed by atoms with Crippen LogP contribution in [0.3, 0.4) is 0 Å². The molecule has 0 aromatic heterocycles. The first-order chi connectivity index (χ1) is 15.8. The van der Waals surface area contributed by atoms with Gasteiger partial charge < -0.3 is 16.0 Å². The number of carbonyl (C=O) groups excluding carboxylic acids is 3. The van der Waals surface area contributed by atoms with Crippen LogP contribution in [0, 0.1) is 11.6 Å². The highest BCUT2D eigenvalue weighted by Gasteiger charge is 2.24. The summed E-state index contributed by atoms with van der Waals surface area (Å²) in [5, 5.41) is 8.06. The predicted molar refractivity (Wildman–Crippen MR) is 122 cm³/mol. The Balaban J connectivity index is 1.92. The first-order valence-corrected chi connectivity index (χ1v) is 11.1. The van der Waals surface area contributed by atoms with Crippen molar-refractivity contribution in [3.63, 3.8) is 0 Å². The zero-order chi connectivity index (χ0) is 24.2. The Morgan fingerprint density at radius 3 is 2.18 bits per heavy atom.